The maximum absolute atomic E-state index is 12.8. The molecule has 1 fully saturated rings. The molecule has 9 nitrogen and oxygen atoms in total. The molecule has 57 heavy (non-hydrogen) atoms. The van der Waals surface area contributed by atoms with E-state index in [0.29, 0.717) is 13.0 Å². The molecule has 1 heterocycles. The molecule has 0 saturated carbocycles. The minimum Gasteiger partial charge on any atom is -0.457 e. The summed E-state index contributed by atoms with van der Waals surface area (Å²) < 4.78 is 22.8. The Balaban J connectivity index is 2.28. The Morgan fingerprint density at radius 3 is 1.61 bits per heavy atom. The SMILES string of the molecule is CC/C=C\C/C=C\C/C=C\CCCCCCCCCC(=O)OC(COCCCCCCCC/C=C\C/C=C\CCCCCC)COC1OC(CO)C(O)C(O)C1O. The first-order valence-electron chi connectivity index (χ1n) is 22.9. The van der Waals surface area contributed by atoms with Crippen molar-refractivity contribution in [3.8, 4) is 0 Å². The molecule has 0 amide bonds. The molecule has 6 atom stereocenters. The van der Waals surface area contributed by atoms with E-state index in [1.807, 2.05) is 0 Å². The van der Waals surface area contributed by atoms with E-state index >= 15 is 0 Å². The minimum atomic E-state index is -1.54. The molecular formula is C48H84O9. The average Bonchev–Trinajstić information content (AvgIpc) is 3.21. The standard InChI is InChI=1S/C48H84O9/c1-3-5-7-9-11-13-15-17-19-21-23-25-27-29-31-33-35-37-44(50)56-42(41-55-48-47(53)46(52)45(51)43(39-49)57-48)40-54-38-36-34-32-30-28-26-24-22-20-18-16-14-12-10-8-6-4-2/h5,7,11,13-14,16-17,19-20,22,42-43,45-49,51-53H,3-4,6,8-10,12,15,18,21,23-41H2,1-2H3/b7-5-,13-11-,16-14-,19-17-,22-20-. The van der Waals surface area contributed by atoms with Crippen LogP contribution in [0.15, 0.2) is 60.8 Å². The highest BCUT2D eigenvalue weighted by Gasteiger charge is 2.44. The van der Waals surface area contributed by atoms with E-state index in [-0.39, 0.29) is 19.2 Å². The molecule has 1 aliphatic heterocycles. The van der Waals surface area contributed by atoms with Crippen molar-refractivity contribution in [2.45, 2.75) is 211 Å². The molecule has 0 aliphatic carbocycles. The van der Waals surface area contributed by atoms with Crippen molar-refractivity contribution in [2.75, 3.05) is 26.4 Å². The fourth-order valence-electron chi connectivity index (χ4n) is 6.59. The van der Waals surface area contributed by atoms with Crippen molar-refractivity contribution in [3.05, 3.63) is 60.8 Å². The van der Waals surface area contributed by atoms with Gasteiger partial charge in [0.2, 0.25) is 0 Å². The fourth-order valence-corrected chi connectivity index (χ4v) is 6.59. The summed E-state index contributed by atoms with van der Waals surface area (Å²) >= 11 is 0. The van der Waals surface area contributed by atoms with Crippen molar-refractivity contribution < 1.29 is 44.2 Å². The third kappa shape index (κ3) is 30.6. The van der Waals surface area contributed by atoms with Crippen LogP contribution < -0.4 is 0 Å². The van der Waals surface area contributed by atoms with Gasteiger partial charge in [-0.15, -0.1) is 0 Å². The van der Waals surface area contributed by atoms with Crippen molar-refractivity contribution >= 4 is 5.97 Å². The lowest BCUT2D eigenvalue weighted by Gasteiger charge is -2.39. The van der Waals surface area contributed by atoms with E-state index in [2.05, 4.69) is 74.6 Å². The van der Waals surface area contributed by atoms with Gasteiger partial charge in [0.1, 0.15) is 30.5 Å². The van der Waals surface area contributed by atoms with E-state index in [1.54, 1.807) is 0 Å². The molecule has 0 radical (unpaired) electrons. The summed E-state index contributed by atoms with van der Waals surface area (Å²) in [5, 5.41) is 40.1. The van der Waals surface area contributed by atoms with Crippen LogP contribution in [0.25, 0.3) is 0 Å². The Morgan fingerprint density at radius 2 is 1.07 bits per heavy atom. The summed E-state index contributed by atoms with van der Waals surface area (Å²) in [6.45, 7) is 4.39. The molecular weight excluding hydrogens is 721 g/mol. The summed E-state index contributed by atoms with van der Waals surface area (Å²) in [7, 11) is 0. The topological polar surface area (TPSA) is 135 Å². The number of esters is 1. The molecule has 0 aromatic heterocycles. The van der Waals surface area contributed by atoms with Gasteiger partial charge < -0.3 is 39.4 Å². The van der Waals surface area contributed by atoms with Crippen LogP contribution in [0.4, 0.5) is 0 Å². The number of aliphatic hydroxyl groups is 4. The van der Waals surface area contributed by atoms with E-state index < -0.39 is 43.4 Å². The number of unbranched alkanes of at least 4 members (excludes halogenated alkanes) is 17. The van der Waals surface area contributed by atoms with Crippen LogP contribution in [0.1, 0.15) is 174 Å². The number of carbonyl (C=O) groups is 1. The van der Waals surface area contributed by atoms with Crippen LogP contribution >= 0.6 is 0 Å². The summed E-state index contributed by atoms with van der Waals surface area (Å²) in [5.74, 6) is -0.329. The number of rotatable bonds is 38. The molecule has 6 unspecified atom stereocenters. The number of aliphatic hydroxyl groups excluding tert-OH is 4. The predicted octanol–water partition coefficient (Wildman–Crippen LogP) is 10.3. The highest BCUT2D eigenvalue weighted by Crippen LogP contribution is 2.22. The number of allylic oxidation sites excluding steroid dienone is 10. The van der Waals surface area contributed by atoms with Crippen molar-refractivity contribution in [1.29, 1.82) is 0 Å². The minimum absolute atomic E-state index is 0.124. The lowest BCUT2D eigenvalue weighted by molar-refractivity contribution is -0.305. The van der Waals surface area contributed by atoms with E-state index in [4.69, 9.17) is 18.9 Å². The van der Waals surface area contributed by atoms with Crippen molar-refractivity contribution in [2.24, 2.45) is 0 Å². The first-order valence-corrected chi connectivity index (χ1v) is 22.9. The largest absolute Gasteiger partial charge is 0.457 e. The lowest BCUT2D eigenvalue weighted by Crippen LogP contribution is -2.59. The molecule has 4 N–H and O–H groups in total. The summed E-state index contributed by atoms with van der Waals surface area (Å²) in [6.07, 6.45) is 42.4. The average molecular weight is 805 g/mol. The van der Waals surface area contributed by atoms with Gasteiger partial charge >= 0.3 is 5.97 Å². The van der Waals surface area contributed by atoms with Gasteiger partial charge in [-0.25, -0.2) is 0 Å². The fraction of sp³-hybridized carbons (Fsp3) is 0.771. The Labute approximate surface area is 347 Å². The van der Waals surface area contributed by atoms with Gasteiger partial charge in [0.25, 0.3) is 0 Å². The molecule has 0 aromatic rings. The number of hydrogen-bond donors (Lipinski definition) is 4. The quantitative estimate of drug-likeness (QED) is 0.0273. The third-order valence-corrected chi connectivity index (χ3v) is 10.2. The summed E-state index contributed by atoms with van der Waals surface area (Å²) in [5.41, 5.74) is 0. The molecule has 1 rings (SSSR count). The zero-order valence-electron chi connectivity index (χ0n) is 36.1. The van der Waals surface area contributed by atoms with Gasteiger partial charge in [0.15, 0.2) is 6.29 Å². The summed E-state index contributed by atoms with van der Waals surface area (Å²) in [6, 6.07) is 0. The van der Waals surface area contributed by atoms with Gasteiger partial charge in [-0.05, 0) is 77.0 Å². The lowest BCUT2D eigenvalue weighted by atomic mass is 9.99. The van der Waals surface area contributed by atoms with Crippen molar-refractivity contribution in [1.82, 2.24) is 0 Å². The second-order valence-corrected chi connectivity index (χ2v) is 15.5. The predicted molar refractivity (Wildman–Crippen MR) is 233 cm³/mol. The first kappa shape index (κ1) is 52.9. The van der Waals surface area contributed by atoms with Crippen LogP contribution in [0.5, 0.6) is 0 Å². The van der Waals surface area contributed by atoms with Crippen molar-refractivity contribution in [3.63, 3.8) is 0 Å². The highest BCUT2D eigenvalue weighted by molar-refractivity contribution is 5.69. The summed E-state index contributed by atoms with van der Waals surface area (Å²) in [4.78, 5) is 12.8. The molecule has 0 spiro atoms. The number of hydrogen-bond acceptors (Lipinski definition) is 9. The molecule has 330 valence electrons. The molecule has 9 heteroatoms. The van der Waals surface area contributed by atoms with E-state index in [0.717, 1.165) is 83.5 Å². The highest BCUT2D eigenvalue weighted by atomic mass is 16.7. The van der Waals surface area contributed by atoms with Crippen LogP contribution in [-0.4, -0.2) is 89.6 Å². The Morgan fingerprint density at radius 1 is 0.579 bits per heavy atom. The molecule has 0 aromatic carbocycles. The first-order chi connectivity index (χ1) is 27.9. The molecule has 0 bridgehead atoms. The Bertz CT molecular complexity index is 1050. The van der Waals surface area contributed by atoms with Crippen LogP contribution in [0, 0.1) is 0 Å². The van der Waals surface area contributed by atoms with Gasteiger partial charge in [0.05, 0.1) is 19.8 Å². The van der Waals surface area contributed by atoms with Crippen LogP contribution in [0.3, 0.4) is 0 Å². The van der Waals surface area contributed by atoms with Gasteiger partial charge in [0, 0.05) is 13.0 Å². The normalized spacial score (nSPS) is 21.0. The van der Waals surface area contributed by atoms with E-state index in [1.165, 1.54) is 70.6 Å². The van der Waals surface area contributed by atoms with Crippen LogP contribution in [-0.2, 0) is 23.7 Å². The number of ether oxygens (including phenoxy) is 4. The molecule has 1 saturated heterocycles. The second kappa shape index (κ2) is 39.4. The monoisotopic (exact) mass is 805 g/mol. The zero-order valence-corrected chi connectivity index (χ0v) is 36.1. The maximum atomic E-state index is 12.8. The number of carbonyl (C=O) groups excluding carboxylic acids is 1. The van der Waals surface area contributed by atoms with Gasteiger partial charge in [-0.2, -0.15) is 0 Å². The van der Waals surface area contributed by atoms with Gasteiger partial charge in [-0.1, -0.05) is 152 Å². The Kier molecular flexibility index (Phi) is 36.5. The zero-order chi connectivity index (χ0) is 41.4. The third-order valence-electron chi connectivity index (χ3n) is 10.2. The van der Waals surface area contributed by atoms with Gasteiger partial charge in [-0.3, -0.25) is 4.79 Å². The smallest absolute Gasteiger partial charge is 0.306 e. The molecule has 1 aliphatic rings. The Hall–Kier alpha value is -2.11. The van der Waals surface area contributed by atoms with Crippen LogP contribution in [0.2, 0.25) is 0 Å². The van der Waals surface area contributed by atoms with E-state index in [9.17, 15) is 25.2 Å². The maximum Gasteiger partial charge on any atom is 0.306 e. The second-order valence-electron chi connectivity index (χ2n) is 15.5.